The van der Waals surface area contributed by atoms with Crippen LogP contribution in [0.25, 0.3) is 0 Å². The highest BCUT2D eigenvalue weighted by Gasteiger charge is 2.23. The minimum absolute atomic E-state index is 0.289. The Balaban J connectivity index is 2.35. The molecule has 1 atom stereocenters. The van der Waals surface area contributed by atoms with E-state index in [4.69, 9.17) is 4.74 Å². The van der Waals surface area contributed by atoms with E-state index in [1.165, 1.54) is 0 Å². The summed E-state index contributed by atoms with van der Waals surface area (Å²) >= 11 is 0. The maximum atomic E-state index is 12.0. The van der Waals surface area contributed by atoms with Gasteiger partial charge < -0.3 is 4.74 Å². The van der Waals surface area contributed by atoms with Crippen molar-refractivity contribution < 1.29 is 9.53 Å². The molecular formula is C13H14N2O2. The van der Waals surface area contributed by atoms with E-state index in [9.17, 15) is 4.79 Å². The van der Waals surface area contributed by atoms with Gasteiger partial charge in [0.05, 0.1) is 6.61 Å². The number of ether oxygens (including phenoxy) is 1. The Kier molecular flexibility index (Phi) is 3.55. The van der Waals surface area contributed by atoms with Crippen LogP contribution in [0.5, 0.6) is 0 Å². The summed E-state index contributed by atoms with van der Waals surface area (Å²) < 4.78 is 6.69. The van der Waals surface area contributed by atoms with Gasteiger partial charge in [0, 0.05) is 12.4 Å². The SMILES string of the molecule is CCOC(=O)[C@@H](c1ccccc1)n1cccn1. The molecule has 0 fully saturated rings. The third-order valence-electron chi connectivity index (χ3n) is 2.41. The lowest BCUT2D eigenvalue weighted by Gasteiger charge is -2.16. The lowest BCUT2D eigenvalue weighted by atomic mass is 10.1. The maximum Gasteiger partial charge on any atom is 0.335 e. The fraction of sp³-hybridized carbons (Fsp3) is 0.231. The van der Waals surface area contributed by atoms with Gasteiger partial charge in [-0.3, -0.25) is 4.68 Å². The second kappa shape index (κ2) is 5.30. The van der Waals surface area contributed by atoms with Gasteiger partial charge in [-0.15, -0.1) is 0 Å². The van der Waals surface area contributed by atoms with Crippen LogP contribution in [0.15, 0.2) is 48.8 Å². The zero-order valence-electron chi connectivity index (χ0n) is 9.61. The molecule has 4 nitrogen and oxygen atoms in total. The molecular weight excluding hydrogens is 216 g/mol. The number of hydrogen-bond acceptors (Lipinski definition) is 3. The quantitative estimate of drug-likeness (QED) is 0.755. The molecule has 88 valence electrons. The van der Waals surface area contributed by atoms with Crippen molar-refractivity contribution in [2.75, 3.05) is 6.61 Å². The van der Waals surface area contributed by atoms with Crippen molar-refractivity contribution in [2.45, 2.75) is 13.0 Å². The molecule has 0 saturated carbocycles. The largest absolute Gasteiger partial charge is 0.464 e. The number of benzene rings is 1. The fourth-order valence-electron chi connectivity index (χ4n) is 1.69. The first-order valence-electron chi connectivity index (χ1n) is 5.53. The summed E-state index contributed by atoms with van der Waals surface area (Å²) in [6.07, 6.45) is 3.41. The van der Waals surface area contributed by atoms with Crippen LogP contribution >= 0.6 is 0 Å². The smallest absolute Gasteiger partial charge is 0.335 e. The van der Waals surface area contributed by atoms with Crippen molar-refractivity contribution in [3.63, 3.8) is 0 Å². The second-order valence-electron chi connectivity index (χ2n) is 3.55. The molecule has 0 amide bonds. The molecule has 0 N–H and O–H groups in total. The summed E-state index contributed by atoms with van der Waals surface area (Å²) in [7, 11) is 0. The van der Waals surface area contributed by atoms with Crippen LogP contribution in [0.1, 0.15) is 18.5 Å². The lowest BCUT2D eigenvalue weighted by Crippen LogP contribution is -2.23. The van der Waals surface area contributed by atoms with Gasteiger partial charge in [0.15, 0.2) is 6.04 Å². The summed E-state index contributed by atoms with van der Waals surface area (Å²) in [5.74, 6) is -0.289. The molecule has 0 spiro atoms. The Hall–Kier alpha value is -2.10. The molecule has 1 aromatic carbocycles. The monoisotopic (exact) mass is 230 g/mol. The Morgan fingerprint density at radius 1 is 1.35 bits per heavy atom. The molecule has 2 aromatic rings. The van der Waals surface area contributed by atoms with Crippen molar-refractivity contribution >= 4 is 5.97 Å². The number of carbonyl (C=O) groups is 1. The van der Waals surface area contributed by atoms with Crippen LogP contribution in [0, 0.1) is 0 Å². The molecule has 4 heteroatoms. The first-order valence-corrected chi connectivity index (χ1v) is 5.53. The minimum Gasteiger partial charge on any atom is -0.464 e. The predicted octanol–water partition coefficient (Wildman–Crippen LogP) is 2.04. The van der Waals surface area contributed by atoms with E-state index in [0.717, 1.165) is 5.56 Å². The molecule has 0 aliphatic rings. The number of aromatic nitrogens is 2. The van der Waals surface area contributed by atoms with E-state index < -0.39 is 6.04 Å². The van der Waals surface area contributed by atoms with Gasteiger partial charge in [-0.05, 0) is 18.6 Å². The minimum atomic E-state index is -0.508. The molecule has 2 rings (SSSR count). The van der Waals surface area contributed by atoms with E-state index in [1.54, 1.807) is 30.1 Å². The molecule has 0 radical (unpaired) electrons. The number of carbonyl (C=O) groups excluding carboxylic acids is 1. The van der Waals surface area contributed by atoms with Gasteiger partial charge in [-0.25, -0.2) is 4.79 Å². The third-order valence-corrected chi connectivity index (χ3v) is 2.41. The van der Waals surface area contributed by atoms with Crippen molar-refractivity contribution in [3.05, 3.63) is 54.4 Å². The first kappa shape index (κ1) is 11.4. The highest BCUT2D eigenvalue weighted by Crippen LogP contribution is 2.18. The van der Waals surface area contributed by atoms with Crippen LogP contribution < -0.4 is 0 Å². The summed E-state index contributed by atoms with van der Waals surface area (Å²) in [4.78, 5) is 12.0. The van der Waals surface area contributed by atoms with E-state index in [0.29, 0.717) is 6.61 Å². The van der Waals surface area contributed by atoms with Crippen LogP contribution in [-0.4, -0.2) is 22.4 Å². The summed E-state index contributed by atoms with van der Waals surface area (Å²) in [6.45, 7) is 2.16. The Morgan fingerprint density at radius 2 is 2.12 bits per heavy atom. The van der Waals surface area contributed by atoms with Crippen molar-refractivity contribution in [1.29, 1.82) is 0 Å². The Labute approximate surface area is 99.8 Å². The molecule has 0 aliphatic heterocycles. The van der Waals surface area contributed by atoms with Gasteiger partial charge in [0.25, 0.3) is 0 Å². The Morgan fingerprint density at radius 3 is 2.71 bits per heavy atom. The van der Waals surface area contributed by atoms with E-state index in [-0.39, 0.29) is 5.97 Å². The van der Waals surface area contributed by atoms with Gasteiger partial charge >= 0.3 is 5.97 Å². The fourth-order valence-corrected chi connectivity index (χ4v) is 1.69. The molecule has 1 heterocycles. The van der Waals surface area contributed by atoms with Crippen LogP contribution in [0.2, 0.25) is 0 Å². The standard InChI is InChI=1S/C13H14N2O2/c1-2-17-13(16)12(15-10-6-9-14-15)11-7-4-3-5-8-11/h3-10,12H,2H2,1H3/t12-/m1/s1. The molecule has 0 bridgehead atoms. The summed E-state index contributed by atoms with van der Waals surface area (Å²) in [6, 6.07) is 10.8. The van der Waals surface area contributed by atoms with Gasteiger partial charge in [-0.1, -0.05) is 30.3 Å². The number of rotatable bonds is 4. The maximum absolute atomic E-state index is 12.0. The molecule has 17 heavy (non-hydrogen) atoms. The van der Waals surface area contributed by atoms with Crippen molar-refractivity contribution in [1.82, 2.24) is 9.78 Å². The van der Waals surface area contributed by atoms with Crippen molar-refractivity contribution in [3.8, 4) is 0 Å². The zero-order valence-corrected chi connectivity index (χ0v) is 9.61. The summed E-state index contributed by atoms with van der Waals surface area (Å²) in [5.41, 5.74) is 0.870. The highest BCUT2D eigenvalue weighted by molar-refractivity contribution is 5.77. The molecule has 0 unspecified atom stereocenters. The third kappa shape index (κ3) is 2.53. The van der Waals surface area contributed by atoms with Crippen LogP contribution in [0.4, 0.5) is 0 Å². The number of nitrogens with zero attached hydrogens (tertiary/aromatic N) is 2. The topological polar surface area (TPSA) is 44.1 Å². The molecule has 0 saturated heterocycles. The van der Waals surface area contributed by atoms with Crippen LogP contribution in [-0.2, 0) is 9.53 Å². The average Bonchev–Trinajstić information content (AvgIpc) is 2.85. The van der Waals surface area contributed by atoms with Crippen LogP contribution in [0.3, 0.4) is 0 Å². The lowest BCUT2D eigenvalue weighted by molar-refractivity contribution is -0.146. The van der Waals surface area contributed by atoms with E-state index in [1.807, 2.05) is 30.3 Å². The van der Waals surface area contributed by atoms with Crippen molar-refractivity contribution in [2.24, 2.45) is 0 Å². The number of esters is 1. The Bertz CT molecular complexity index is 465. The van der Waals surface area contributed by atoms with Gasteiger partial charge in [0.2, 0.25) is 0 Å². The predicted molar refractivity (Wildman–Crippen MR) is 63.4 cm³/mol. The normalized spacial score (nSPS) is 12.1. The number of hydrogen-bond donors (Lipinski definition) is 0. The van der Waals surface area contributed by atoms with E-state index >= 15 is 0 Å². The molecule has 1 aromatic heterocycles. The zero-order chi connectivity index (χ0) is 12.1. The van der Waals surface area contributed by atoms with Gasteiger partial charge in [-0.2, -0.15) is 5.10 Å². The summed E-state index contributed by atoms with van der Waals surface area (Å²) in [5, 5.41) is 4.11. The average molecular weight is 230 g/mol. The first-order chi connectivity index (χ1) is 8.33. The van der Waals surface area contributed by atoms with E-state index in [2.05, 4.69) is 5.10 Å². The molecule has 0 aliphatic carbocycles. The second-order valence-corrected chi connectivity index (χ2v) is 3.55. The highest BCUT2D eigenvalue weighted by atomic mass is 16.5. The van der Waals surface area contributed by atoms with Gasteiger partial charge in [0.1, 0.15) is 0 Å².